The number of fused-ring (bicyclic) bond motifs is 1. The number of ether oxygens (including phenoxy) is 2. The van der Waals surface area contributed by atoms with Gasteiger partial charge < -0.3 is 14.0 Å². The summed E-state index contributed by atoms with van der Waals surface area (Å²) in [6.45, 7) is 4.19. The summed E-state index contributed by atoms with van der Waals surface area (Å²) in [6.07, 6.45) is 7.39. The van der Waals surface area contributed by atoms with Crippen molar-refractivity contribution in [1.82, 2.24) is 14.8 Å². The van der Waals surface area contributed by atoms with E-state index in [1.807, 2.05) is 68.0 Å². The molecule has 0 bridgehead atoms. The van der Waals surface area contributed by atoms with E-state index in [4.69, 9.17) is 9.47 Å². The van der Waals surface area contributed by atoms with Crippen molar-refractivity contribution in [2.75, 3.05) is 7.11 Å². The van der Waals surface area contributed by atoms with Gasteiger partial charge in [0.15, 0.2) is 22.5 Å². The first-order valence-corrected chi connectivity index (χ1v) is 10.7. The van der Waals surface area contributed by atoms with E-state index < -0.39 is 0 Å². The van der Waals surface area contributed by atoms with Crippen LogP contribution in [-0.4, -0.2) is 44.6 Å². The predicted molar refractivity (Wildman–Crippen MR) is 120 cm³/mol. The zero-order chi connectivity index (χ0) is 22.0. The second-order valence-electron chi connectivity index (χ2n) is 7.23. The lowest BCUT2D eigenvalue weighted by atomic mass is 9.96. The molecular formula is C22H23N5O3S. The molecule has 4 rings (SSSR count). The maximum absolute atomic E-state index is 12.3. The van der Waals surface area contributed by atoms with E-state index >= 15 is 0 Å². The van der Waals surface area contributed by atoms with Gasteiger partial charge in [0.25, 0.3) is 5.91 Å². The number of carbonyl (C=O) groups is 1. The summed E-state index contributed by atoms with van der Waals surface area (Å²) in [5, 5.41) is 9.05. The van der Waals surface area contributed by atoms with Gasteiger partial charge in [-0.25, -0.2) is 4.99 Å². The molecule has 2 unspecified atom stereocenters. The monoisotopic (exact) mass is 437 g/mol. The number of amidine groups is 1. The van der Waals surface area contributed by atoms with Gasteiger partial charge in [-0.05, 0) is 37.6 Å². The molecule has 1 aromatic carbocycles. The van der Waals surface area contributed by atoms with Crippen LogP contribution in [0.25, 0.3) is 0 Å². The molecule has 1 aliphatic carbocycles. The third-order valence-corrected chi connectivity index (χ3v) is 6.11. The molecule has 9 heteroatoms. The number of rotatable bonds is 7. The largest absolute Gasteiger partial charge is 0.493 e. The lowest BCUT2D eigenvalue weighted by Gasteiger charge is -2.20. The number of hydrogen-bond donors (Lipinski definition) is 0. The van der Waals surface area contributed by atoms with E-state index in [0.717, 1.165) is 11.3 Å². The van der Waals surface area contributed by atoms with Gasteiger partial charge in [0.05, 0.1) is 18.1 Å². The van der Waals surface area contributed by atoms with E-state index in [9.17, 15) is 4.79 Å². The molecule has 160 valence electrons. The fourth-order valence-corrected chi connectivity index (χ4v) is 4.07. The van der Waals surface area contributed by atoms with Crippen LogP contribution in [0.1, 0.15) is 18.3 Å². The summed E-state index contributed by atoms with van der Waals surface area (Å²) in [5.41, 5.74) is 1.82. The number of methoxy groups -OCH3 is 1. The number of allylic oxidation sites excluding steroid dienone is 3. The van der Waals surface area contributed by atoms with Crippen molar-refractivity contribution in [1.29, 1.82) is 0 Å². The minimum absolute atomic E-state index is 0.162. The van der Waals surface area contributed by atoms with Gasteiger partial charge in [0.1, 0.15) is 18.4 Å². The molecule has 0 saturated heterocycles. The minimum atomic E-state index is -0.372. The Bertz CT molecular complexity index is 1130. The fourth-order valence-electron chi connectivity index (χ4n) is 3.19. The Balaban J connectivity index is 1.44. The number of aliphatic imine (C=N–C) groups is 2. The molecule has 1 aliphatic heterocycles. The highest BCUT2D eigenvalue weighted by molar-refractivity contribution is 8.00. The van der Waals surface area contributed by atoms with Gasteiger partial charge in [0, 0.05) is 7.05 Å². The molecule has 0 fully saturated rings. The molecule has 0 radical (unpaired) electrons. The zero-order valence-electron chi connectivity index (χ0n) is 17.8. The summed E-state index contributed by atoms with van der Waals surface area (Å²) in [7, 11) is 3.49. The van der Waals surface area contributed by atoms with Crippen LogP contribution in [0.4, 0.5) is 0 Å². The van der Waals surface area contributed by atoms with Crippen LogP contribution in [0.5, 0.6) is 11.5 Å². The molecule has 2 aromatic rings. The molecule has 8 nitrogen and oxygen atoms in total. The number of aromatic nitrogens is 3. The number of thioether (sulfide) groups is 1. The van der Waals surface area contributed by atoms with E-state index in [1.54, 1.807) is 7.11 Å². The minimum Gasteiger partial charge on any atom is -0.493 e. The Kier molecular flexibility index (Phi) is 6.03. The van der Waals surface area contributed by atoms with E-state index in [1.165, 1.54) is 11.8 Å². The van der Waals surface area contributed by atoms with Gasteiger partial charge in [-0.15, -0.1) is 10.2 Å². The molecule has 2 aliphatic rings. The number of carbonyl (C=O) groups excluding carboxylic acids is 1. The molecule has 31 heavy (non-hydrogen) atoms. The highest BCUT2D eigenvalue weighted by Crippen LogP contribution is 2.29. The highest BCUT2D eigenvalue weighted by atomic mass is 32.2. The van der Waals surface area contributed by atoms with Crippen molar-refractivity contribution in [3.63, 3.8) is 0 Å². The van der Waals surface area contributed by atoms with Crippen LogP contribution in [0.15, 0.2) is 57.6 Å². The maximum Gasteiger partial charge on any atom is 0.260 e. The van der Waals surface area contributed by atoms with Crippen molar-refractivity contribution < 1.29 is 14.3 Å². The lowest BCUT2D eigenvalue weighted by Crippen LogP contribution is -2.30. The second kappa shape index (κ2) is 8.89. The van der Waals surface area contributed by atoms with Crippen LogP contribution >= 0.6 is 11.8 Å². The van der Waals surface area contributed by atoms with Crippen LogP contribution in [-0.2, 0) is 18.4 Å². The van der Waals surface area contributed by atoms with Crippen molar-refractivity contribution in [3.05, 3.63) is 53.9 Å². The van der Waals surface area contributed by atoms with E-state index in [0.29, 0.717) is 28.3 Å². The highest BCUT2D eigenvalue weighted by Gasteiger charge is 2.29. The van der Waals surface area contributed by atoms with Gasteiger partial charge in [-0.3, -0.25) is 4.79 Å². The van der Waals surface area contributed by atoms with Crippen molar-refractivity contribution >= 4 is 29.2 Å². The fraction of sp³-hybridized carbons (Fsp3) is 0.318. The SMILES string of the molecule is COc1cc(C)ccc1OCc1nnc(SC(C)C2=NC(=O)C3C=CC=CC3=N2)n1C. The third kappa shape index (κ3) is 4.46. The summed E-state index contributed by atoms with van der Waals surface area (Å²) in [4.78, 5) is 21.1. The average Bonchev–Trinajstić information content (AvgIpc) is 3.11. The molecule has 2 atom stereocenters. The molecule has 0 spiro atoms. The van der Waals surface area contributed by atoms with Gasteiger partial charge in [0.2, 0.25) is 0 Å². The van der Waals surface area contributed by atoms with Gasteiger partial charge in [-0.2, -0.15) is 4.99 Å². The Morgan fingerprint density at radius 1 is 1.19 bits per heavy atom. The smallest absolute Gasteiger partial charge is 0.260 e. The normalized spacial score (nSPS) is 18.3. The lowest BCUT2D eigenvalue weighted by molar-refractivity contribution is -0.118. The van der Waals surface area contributed by atoms with Gasteiger partial charge in [-0.1, -0.05) is 36.1 Å². The van der Waals surface area contributed by atoms with Crippen molar-refractivity contribution in [2.45, 2.75) is 30.9 Å². The quantitative estimate of drug-likeness (QED) is 0.617. The topological polar surface area (TPSA) is 91.0 Å². The van der Waals surface area contributed by atoms with E-state index in [-0.39, 0.29) is 23.7 Å². The molecule has 0 saturated carbocycles. The Labute approximate surface area is 184 Å². The summed E-state index contributed by atoms with van der Waals surface area (Å²) in [5.74, 6) is 1.93. The van der Waals surface area contributed by atoms with Gasteiger partial charge >= 0.3 is 0 Å². The molecule has 1 aromatic heterocycles. The van der Waals surface area contributed by atoms with Crippen LogP contribution < -0.4 is 9.47 Å². The van der Waals surface area contributed by atoms with Crippen molar-refractivity contribution in [3.8, 4) is 11.5 Å². The first-order chi connectivity index (χ1) is 15.0. The summed E-state index contributed by atoms with van der Waals surface area (Å²) >= 11 is 1.45. The molecular weight excluding hydrogens is 414 g/mol. The summed E-state index contributed by atoms with van der Waals surface area (Å²) < 4.78 is 13.1. The average molecular weight is 438 g/mol. The second-order valence-corrected chi connectivity index (χ2v) is 8.54. The number of amides is 1. The third-order valence-electron chi connectivity index (χ3n) is 4.98. The van der Waals surface area contributed by atoms with Crippen LogP contribution in [0, 0.1) is 12.8 Å². The number of hydrogen-bond acceptors (Lipinski definition) is 7. The maximum atomic E-state index is 12.3. The standard InChI is InChI=1S/C22H23N5O3S/c1-13-9-10-17(18(11-13)29-4)30-12-19-25-26-22(27(19)3)31-14(2)20-23-16-8-6-5-7-15(16)21(28)24-20/h5-11,14-15H,12H2,1-4H3. The number of benzene rings is 1. The predicted octanol–water partition coefficient (Wildman–Crippen LogP) is 3.31. The Morgan fingerprint density at radius 2 is 2.03 bits per heavy atom. The molecule has 0 N–H and O–H groups in total. The zero-order valence-corrected chi connectivity index (χ0v) is 18.6. The Hall–Kier alpha value is -3.20. The van der Waals surface area contributed by atoms with E-state index in [2.05, 4.69) is 20.2 Å². The van der Waals surface area contributed by atoms with Crippen molar-refractivity contribution in [2.24, 2.45) is 23.0 Å². The Morgan fingerprint density at radius 3 is 2.84 bits per heavy atom. The number of aryl methyl sites for hydroxylation is 1. The van der Waals surface area contributed by atoms with Crippen LogP contribution in [0.3, 0.4) is 0 Å². The molecule has 1 amide bonds. The first-order valence-electron chi connectivity index (χ1n) is 9.84. The molecule has 2 heterocycles. The number of nitrogens with zero attached hydrogens (tertiary/aromatic N) is 5. The first kappa shape index (κ1) is 21.0. The van der Waals surface area contributed by atoms with Crippen LogP contribution in [0.2, 0.25) is 0 Å². The summed E-state index contributed by atoms with van der Waals surface area (Å²) in [6, 6.07) is 5.76.